The molecule has 84 valence electrons. The van der Waals surface area contributed by atoms with E-state index in [1.807, 2.05) is 19.0 Å². The quantitative estimate of drug-likeness (QED) is 0.431. The number of hydrogen-bond acceptors (Lipinski definition) is 5. The molecule has 0 aromatic carbocycles. The van der Waals surface area contributed by atoms with Crippen LogP contribution >= 0.6 is 0 Å². The number of carbonyl (C=O) groups is 3. The first-order valence-corrected chi connectivity index (χ1v) is 4.45. The van der Waals surface area contributed by atoms with Gasteiger partial charge in [0.05, 0.1) is 0 Å². The second-order valence-corrected chi connectivity index (χ2v) is 3.38. The molecule has 7 nitrogen and oxygen atoms in total. The molecular formula is C8H13N3O4. The zero-order valence-electron chi connectivity index (χ0n) is 8.57. The number of esters is 1. The predicted molar refractivity (Wildman–Crippen MR) is 50.0 cm³/mol. The summed E-state index contributed by atoms with van der Waals surface area (Å²) in [6.07, 6.45) is -0.882. The van der Waals surface area contributed by atoms with E-state index in [4.69, 9.17) is 0 Å². The van der Waals surface area contributed by atoms with Crippen LogP contribution in [0.1, 0.15) is 0 Å². The van der Waals surface area contributed by atoms with E-state index in [0.717, 1.165) is 0 Å². The highest BCUT2D eigenvalue weighted by atomic mass is 16.6. The van der Waals surface area contributed by atoms with Crippen molar-refractivity contribution in [2.75, 3.05) is 27.2 Å². The second kappa shape index (κ2) is 4.74. The average Bonchev–Trinajstić information content (AvgIpc) is 2.44. The summed E-state index contributed by atoms with van der Waals surface area (Å²) >= 11 is 0. The smallest absolute Gasteiger partial charge is 0.374 e. The number of nitrogens with zero attached hydrogens (tertiary/aromatic N) is 1. The number of cyclic esters (lactones) is 2. The first-order valence-electron chi connectivity index (χ1n) is 4.45. The fourth-order valence-corrected chi connectivity index (χ4v) is 1.03. The lowest BCUT2D eigenvalue weighted by Gasteiger charge is -2.11. The average molecular weight is 215 g/mol. The molecule has 0 aromatic rings. The van der Waals surface area contributed by atoms with Crippen molar-refractivity contribution in [1.82, 2.24) is 15.5 Å². The summed E-state index contributed by atoms with van der Waals surface area (Å²) < 4.78 is 4.16. The largest absolute Gasteiger partial charge is 0.416 e. The molecular weight excluding hydrogens is 202 g/mol. The molecule has 0 saturated carbocycles. The number of rotatable bonds is 4. The highest BCUT2D eigenvalue weighted by molar-refractivity contribution is 6.10. The van der Waals surface area contributed by atoms with E-state index in [-0.39, 0.29) is 0 Å². The van der Waals surface area contributed by atoms with Gasteiger partial charge in [0, 0.05) is 13.1 Å². The van der Waals surface area contributed by atoms with Gasteiger partial charge >= 0.3 is 12.1 Å². The second-order valence-electron chi connectivity index (χ2n) is 3.38. The van der Waals surface area contributed by atoms with Crippen LogP contribution in [0.2, 0.25) is 0 Å². The van der Waals surface area contributed by atoms with Crippen LogP contribution in [0.25, 0.3) is 0 Å². The van der Waals surface area contributed by atoms with Gasteiger partial charge in [-0.15, -0.1) is 0 Å². The van der Waals surface area contributed by atoms with Crippen molar-refractivity contribution in [2.45, 2.75) is 6.04 Å². The fraction of sp³-hybridized carbons (Fsp3) is 0.625. The maximum atomic E-state index is 11.3. The Morgan fingerprint density at radius 1 is 1.53 bits per heavy atom. The van der Waals surface area contributed by atoms with E-state index in [9.17, 15) is 14.4 Å². The summed E-state index contributed by atoms with van der Waals surface area (Å²) in [6.45, 7) is 1.06. The summed E-state index contributed by atoms with van der Waals surface area (Å²) in [5, 5.41) is 4.62. The minimum atomic E-state index is -1.21. The number of amides is 2. The number of nitrogens with one attached hydrogen (secondary N) is 2. The highest BCUT2D eigenvalue weighted by Gasteiger charge is 2.37. The molecule has 0 spiro atoms. The number of carbonyl (C=O) groups excluding carboxylic acids is 3. The van der Waals surface area contributed by atoms with Gasteiger partial charge in [0.15, 0.2) is 0 Å². The molecule has 1 atom stereocenters. The minimum Gasteiger partial charge on any atom is -0.374 e. The first-order chi connectivity index (χ1) is 7.00. The normalized spacial score (nSPS) is 20.1. The maximum Gasteiger partial charge on any atom is 0.416 e. The molecule has 2 N–H and O–H groups in total. The summed E-state index contributed by atoms with van der Waals surface area (Å²) in [5.74, 6) is -1.41. The van der Waals surface area contributed by atoms with Crippen LogP contribution in [0.5, 0.6) is 0 Å². The third-order valence-electron chi connectivity index (χ3n) is 1.81. The molecule has 0 aliphatic carbocycles. The Labute approximate surface area is 86.7 Å². The molecule has 1 unspecified atom stereocenters. The monoisotopic (exact) mass is 215 g/mol. The van der Waals surface area contributed by atoms with Crippen molar-refractivity contribution in [3.8, 4) is 0 Å². The molecule has 0 bridgehead atoms. The Balaban J connectivity index is 2.34. The summed E-state index contributed by atoms with van der Waals surface area (Å²) in [6, 6.07) is -1.21. The Bertz CT molecular complexity index is 290. The van der Waals surface area contributed by atoms with Crippen LogP contribution in [0, 0.1) is 0 Å². The Kier molecular flexibility index (Phi) is 3.62. The predicted octanol–water partition coefficient (Wildman–Crippen LogP) is -1.70. The van der Waals surface area contributed by atoms with Crippen LogP contribution in [0.3, 0.4) is 0 Å². The topological polar surface area (TPSA) is 87.7 Å². The van der Waals surface area contributed by atoms with Gasteiger partial charge in [-0.25, -0.2) is 9.59 Å². The summed E-state index contributed by atoms with van der Waals surface area (Å²) in [7, 11) is 3.72. The Hall–Kier alpha value is -1.63. The van der Waals surface area contributed by atoms with E-state index < -0.39 is 24.0 Å². The first kappa shape index (κ1) is 11.4. The van der Waals surface area contributed by atoms with Crippen molar-refractivity contribution in [3.63, 3.8) is 0 Å². The van der Waals surface area contributed by atoms with E-state index >= 15 is 0 Å². The molecule has 1 heterocycles. The Morgan fingerprint density at radius 3 is 2.67 bits per heavy atom. The molecule has 1 saturated heterocycles. The molecule has 1 rings (SSSR count). The lowest BCUT2D eigenvalue weighted by Crippen LogP contribution is -2.46. The van der Waals surface area contributed by atoms with Gasteiger partial charge in [-0.2, -0.15) is 0 Å². The van der Waals surface area contributed by atoms with Crippen molar-refractivity contribution in [3.05, 3.63) is 0 Å². The van der Waals surface area contributed by atoms with Crippen molar-refractivity contribution >= 4 is 18.0 Å². The molecule has 2 amide bonds. The molecule has 1 aliphatic rings. The van der Waals surface area contributed by atoms with Crippen molar-refractivity contribution in [1.29, 1.82) is 0 Å². The zero-order chi connectivity index (χ0) is 11.4. The molecule has 1 fully saturated rings. The van der Waals surface area contributed by atoms with Crippen LogP contribution in [-0.2, 0) is 14.3 Å². The molecule has 7 heteroatoms. The van der Waals surface area contributed by atoms with Gasteiger partial charge < -0.3 is 15.0 Å². The van der Waals surface area contributed by atoms with Gasteiger partial charge in [-0.1, -0.05) is 0 Å². The number of alkyl carbamates (subject to hydrolysis) is 1. The lowest BCUT2D eigenvalue weighted by molar-refractivity contribution is -0.139. The molecule has 15 heavy (non-hydrogen) atoms. The van der Waals surface area contributed by atoms with E-state index in [1.54, 1.807) is 0 Å². The van der Waals surface area contributed by atoms with E-state index in [1.165, 1.54) is 0 Å². The number of hydrogen-bond donors (Lipinski definition) is 2. The summed E-state index contributed by atoms with van der Waals surface area (Å²) in [4.78, 5) is 34.8. The fourth-order valence-electron chi connectivity index (χ4n) is 1.03. The van der Waals surface area contributed by atoms with Gasteiger partial charge in [0.25, 0.3) is 5.91 Å². The van der Waals surface area contributed by atoms with E-state index in [0.29, 0.717) is 13.1 Å². The van der Waals surface area contributed by atoms with Crippen LogP contribution in [0.15, 0.2) is 0 Å². The van der Waals surface area contributed by atoms with Crippen molar-refractivity contribution < 1.29 is 19.1 Å². The Morgan fingerprint density at radius 2 is 2.20 bits per heavy atom. The van der Waals surface area contributed by atoms with Gasteiger partial charge in [-0.3, -0.25) is 10.1 Å². The highest BCUT2D eigenvalue weighted by Crippen LogP contribution is 1.99. The molecule has 0 aromatic heterocycles. The zero-order valence-corrected chi connectivity index (χ0v) is 8.57. The van der Waals surface area contributed by atoms with Gasteiger partial charge in [0.1, 0.15) is 0 Å². The molecule has 1 aliphatic heterocycles. The van der Waals surface area contributed by atoms with Gasteiger partial charge in [0.2, 0.25) is 6.04 Å². The number of ether oxygens (including phenoxy) is 1. The number of likely N-dealkylation sites (N-methyl/N-ethyl adjacent to an activating group) is 1. The van der Waals surface area contributed by atoms with Crippen molar-refractivity contribution in [2.24, 2.45) is 0 Å². The van der Waals surface area contributed by atoms with Gasteiger partial charge in [-0.05, 0) is 14.1 Å². The standard InChI is InChI=1S/C8H13N3O4/c1-11(2)4-3-9-6(12)5-7(13)15-8(14)10-5/h5H,3-4H2,1-2H3,(H,9,12)(H,10,14). The van der Waals surface area contributed by atoms with Crippen LogP contribution in [0.4, 0.5) is 4.79 Å². The minimum absolute atomic E-state index is 0.408. The van der Waals surface area contributed by atoms with E-state index in [2.05, 4.69) is 15.4 Å². The third kappa shape index (κ3) is 3.21. The van der Waals surface area contributed by atoms with Crippen LogP contribution < -0.4 is 10.6 Å². The lowest BCUT2D eigenvalue weighted by atomic mass is 10.3. The maximum absolute atomic E-state index is 11.3. The summed E-state index contributed by atoms with van der Waals surface area (Å²) in [5.41, 5.74) is 0. The SMILES string of the molecule is CN(C)CCNC(=O)C1NC(=O)OC1=O. The third-order valence-corrected chi connectivity index (χ3v) is 1.81. The molecule has 0 radical (unpaired) electrons. The van der Waals surface area contributed by atoms with Crippen LogP contribution in [-0.4, -0.2) is 56.1 Å².